The number of amides is 1. The molecule has 8 heteroatoms. The number of aromatic amines is 1. The van der Waals surface area contributed by atoms with Crippen molar-refractivity contribution in [1.82, 2.24) is 20.2 Å². The molecule has 0 spiro atoms. The summed E-state index contributed by atoms with van der Waals surface area (Å²) in [6, 6.07) is 0.0737. The van der Waals surface area contributed by atoms with Crippen LogP contribution in [0, 0.1) is 5.92 Å². The first-order valence-electron chi connectivity index (χ1n) is 8.20. The largest absolute Gasteiger partial charge is 0.385 e. The van der Waals surface area contributed by atoms with Crippen LogP contribution in [0.3, 0.4) is 0 Å². The third-order valence-corrected chi connectivity index (χ3v) is 4.28. The SMILES string of the molecule is CCC[C@H]1CN(CCCOC)C[C@@H]1NC(=O)c1cnc[nH]c1=O.Cl. The van der Waals surface area contributed by atoms with E-state index in [0.29, 0.717) is 5.92 Å². The van der Waals surface area contributed by atoms with Crippen LogP contribution in [0.5, 0.6) is 0 Å². The van der Waals surface area contributed by atoms with Crippen molar-refractivity contribution in [3.8, 4) is 0 Å². The average molecular weight is 359 g/mol. The van der Waals surface area contributed by atoms with Crippen LogP contribution in [-0.2, 0) is 4.74 Å². The molecule has 0 aromatic carbocycles. The number of H-pyrrole nitrogens is 1. The number of carbonyl (C=O) groups is 1. The number of nitrogens with zero attached hydrogens (tertiary/aromatic N) is 2. The Labute approximate surface area is 148 Å². The van der Waals surface area contributed by atoms with Crippen LogP contribution in [-0.4, -0.2) is 60.2 Å². The van der Waals surface area contributed by atoms with E-state index in [2.05, 4.69) is 27.1 Å². The molecular formula is C16H27ClN4O3. The molecular weight excluding hydrogens is 332 g/mol. The van der Waals surface area contributed by atoms with E-state index in [0.717, 1.165) is 45.5 Å². The van der Waals surface area contributed by atoms with Gasteiger partial charge in [-0.15, -0.1) is 12.4 Å². The second-order valence-corrected chi connectivity index (χ2v) is 6.03. The Morgan fingerprint density at radius 2 is 2.29 bits per heavy atom. The fourth-order valence-electron chi connectivity index (χ4n) is 3.15. The minimum absolute atomic E-state index is 0. The van der Waals surface area contributed by atoms with Crippen LogP contribution in [0.1, 0.15) is 36.5 Å². The Morgan fingerprint density at radius 1 is 1.50 bits per heavy atom. The smallest absolute Gasteiger partial charge is 0.263 e. The molecule has 2 heterocycles. The fourth-order valence-corrected chi connectivity index (χ4v) is 3.15. The van der Waals surface area contributed by atoms with E-state index in [9.17, 15) is 9.59 Å². The predicted octanol–water partition coefficient (Wildman–Crippen LogP) is 1.06. The lowest BCUT2D eigenvalue weighted by Gasteiger charge is -2.19. The summed E-state index contributed by atoms with van der Waals surface area (Å²) in [5.41, 5.74) is -0.333. The first-order valence-corrected chi connectivity index (χ1v) is 8.20. The molecule has 1 aromatic rings. The Balaban J connectivity index is 0.00000288. The van der Waals surface area contributed by atoms with Crippen molar-refractivity contribution in [2.24, 2.45) is 5.92 Å². The number of carbonyl (C=O) groups excluding carboxylic acids is 1. The summed E-state index contributed by atoms with van der Waals surface area (Å²) >= 11 is 0. The van der Waals surface area contributed by atoms with Crippen LogP contribution in [0.25, 0.3) is 0 Å². The Hall–Kier alpha value is -1.44. The summed E-state index contributed by atoms with van der Waals surface area (Å²) in [5.74, 6) is 0.0754. The highest BCUT2D eigenvalue weighted by Gasteiger charge is 2.33. The van der Waals surface area contributed by atoms with Crippen LogP contribution in [0.15, 0.2) is 17.3 Å². The maximum atomic E-state index is 12.3. The highest BCUT2D eigenvalue weighted by molar-refractivity contribution is 5.93. The second-order valence-electron chi connectivity index (χ2n) is 6.03. The summed E-state index contributed by atoms with van der Waals surface area (Å²) in [6.45, 7) is 5.66. The third-order valence-electron chi connectivity index (χ3n) is 4.28. The van der Waals surface area contributed by atoms with Crippen molar-refractivity contribution in [3.63, 3.8) is 0 Å². The van der Waals surface area contributed by atoms with E-state index in [4.69, 9.17) is 4.74 Å². The van der Waals surface area contributed by atoms with Crippen molar-refractivity contribution < 1.29 is 9.53 Å². The molecule has 1 amide bonds. The molecule has 0 aliphatic carbocycles. The van der Waals surface area contributed by atoms with Gasteiger partial charge in [-0.1, -0.05) is 13.3 Å². The Morgan fingerprint density at radius 3 is 2.96 bits per heavy atom. The summed E-state index contributed by atoms with van der Waals surface area (Å²) in [4.78, 5) is 32.6. The molecule has 24 heavy (non-hydrogen) atoms. The van der Waals surface area contributed by atoms with Gasteiger partial charge in [0.15, 0.2) is 0 Å². The number of methoxy groups -OCH3 is 1. The average Bonchev–Trinajstić information content (AvgIpc) is 2.90. The molecule has 2 N–H and O–H groups in total. The summed E-state index contributed by atoms with van der Waals surface area (Å²) in [6.07, 6.45) is 5.73. The normalized spacial score (nSPS) is 20.6. The zero-order valence-electron chi connectivity index (χ0n) is 14.3. The maximum Gasteiger partial charge on any atom is 0.263 e. The van der Waals surface area contributed by atoms with Gasteiger partial charge in [0.05, 0.1) is 6.33 Å². The molecule has 0 radical (unpaired) electrons. The molecule has 1 aliphatic heterocycles. The number of hydrogen-bond donors (Lipinski definition) is 2. The van der Waals surface area contributed by atoms with Gasteiger partial charge in [-0.05, 0) is 18.8 Å². The van der Waals surface area contributed by atoms with E-state index in [1.54, 1.807) is 7.11 Å². The van der Waals surface area contributed by atoms with Gasteiger partial charge in [0, 0.05) is 45.6 Å². The highest BCUT2D eigenvalue weighted by Crippen LogP contribution is 2.22. The van der Waals surface area contributed by atoms with Crippen molar-refractivity contribution >= 4 is 18.3 Å². The lowest BCUT2D eigenvalue weighted by atomic mass is 9.98. The van der Waals surface area contributed by atoms with Crippen molar-refractivity contribution in [3.05, 3.63) is 28.4 Å². The predicted molar refractivity (Wildman–Crippen MR) is 94.7 cm³/mol. The van der Waals surface area contributed by atoms with Gasteiger partial charge in [0.2, 0.25) is 0 Å². The number of aromatic nitrogens is 2. The van der Waals surface area contributed by atoms with Gasteiger partial charge < -0.3 is 19.9 Å². The van der Waals surface area contributed by atoms with Gasteiger partial charge in [0.25, 0.3) is 11.5 Å². The lowest BCUT2D eigenvalue weighted by molar-refractivity contribution is 0.0927. The van der Waals surface area contributed by atoms with Crippen LogP contribution >= 0.6 is 12.4 Å². The summed E-state index contributed by atoms with van der Waals surface area (Å²) in [7, 11) is 1.71. The third kappa shape index (κ3) is 5.58. The zero-order valence-corrected chi connectivity index (χ0v) is 15.1. The number of rotatable bonds is 8. The fraction of sp³-hybridized carbons (Fsp3) is 0.688. The first-order chi connectivity index (χ1) is 11.2. The number of nitrogens with one attached hydrogen (secondary N) is 2. The first kappa shape index (κ1) is 20.6. The van der Waals surface area contributed by atoms with E-state index >= 15 is 0 Å². The Bertz CT molecular complexity index is 566. The highest BCUT2D eigenvalue weighted by atomic mass is 35.5. The monoisotopic (exact) mass is 358 g/mol. The minimum atomic E-state index is -0.403. The molecule has 1 aliphatic rings. The Kier molecular flexibility index (Phi) is 8.95. The molecule has 0 bridgehead atoms. The molecule has 1 fully saturated rings. The number of hydrogen-bond acceptors (Lipinski definition) is 5. The van der Waals surface area contributed by atoms with E-state index < -0.39 is 5.56 Å². The molecule has 1 saturated heterocycles. The van der Waals surface area contributed by atoms with Gasteiger partial charge in [0.1, 0.15) is 5.56 Å². The number of ether oxygens (including phenoxy) is 1. The van der Waals surface area contributed by atoms with E-state index in [-0.39, 0.29) is 29.9 Å². The molecule has 0 saturated carbocycles. The molecule has 7 nitrogen and oxygen atoms in total. The van der Waals surface area contributed by atoms with E-state index in [1.165, 1.54) is 12.5 Å². The number of likely N-dealkylation sites (tertiary alicyclic amines) is 1. The summed E-state index contributed by atoms with van der Waals surface area (Å²) < 4.78 is 5.10. The maximum absolute atomic E-state index is 12.3. The molecule has 136 valence electrons. The quantitative estimate of drug-likeness (QED) is 0.678. The molecule has 2 atom stereocenters. The van der Waals surface area contributed by atoms with Crippen LogP contribution in [0.2, 0.25) is 0 Å². The minimum Gasteiger partial charge on any atom is -0.385 e. The van der Waals surface area contributed by atoms with Crippen LogP contribution in [0.4, 0.5) is 0 Å². The van der Waals surface area contributed by atoms with Crippen molar-refractivity contribution in [1.29, 1.82) is 0 Å². The lowest BCUT2D eigenvalue weighted by Crippen LogP contribution is -2.42. The zero-order chi connectivity index (χ0) is 16.7. The molecule has 1 aromatic heterocycles. The van der Waals surface area contributed by atoms with Gasteiger partial charge in [-0.2, -0.15) is 0 Å². The molecule has 0 unspecified atom stereocenters. The topological polar surface area (TPSA) is 87.3 Å². The van der Waals surface area contributed by atoms with Crippen molar-refractivity contribution in [2.45, 2.75) is 32.2 Å². The van der Waals surface area contributed by atoms with Gasteiger partial charge in [-0.25, -0.2) is 4.98 Å². The standard InChI is InChI=1S/C16H26N4O3.ClH/c1-3-5-12-9-20(6-4-7-23-2)10-14(12)19-16(22)13-8-17-11-18-15(13)21;/h8,11-12,14H,3-7,9-10H2,1-2H3,(H,19,22)(H,17,18,21);1H/t12-,14-;/m0./s1. The molecule has 2 rings (SSSR count). The summed E-state index contributed by atoms with van der Waals surface area (Å²) in [5, 5.41) is 3.02. The van der Waals surface area contributed by atoms with Gasteiger partial charge in [-0.3, -0.25) is 9.59 Å². The van der Waals surface area contributed by atoms with E-state index in [1.807, 2.05) is 0 Å². The second kappa shape index (κ2) is 10.4. The van der Waals surface area contributed by atoms with Crippen molar-refractivity contribution in [2.75, 3.05) is 33.4 Å². The van der Waals surface area contributed by atoms with Gasteiger partial charge >= 0.3 is 0 Å². The number of halogens is 1. The van der Waals surface area contributed by atoms with Crippen LogP contribution < -0.4 is 10.9 Å².